The zero-order chi connectivity index (χ0) is 8.39. The van der Waals surface area contributed by atoms with Gasteiger partial charge in [0.15, 0.2) is 0 Å². The maximum Gasteiger partial charge on any atom is 0.256 e. The molecule has 2 heterocycles. The fraction of sp³-hybridized carbons (Fsp3) is 0.625. The predicted octanol–water partition coefficient (Wildman–Crippen LogP) is 1.50. The summed E-state index contributed by atoms with van der Waals surface area (Å²) in [4.78, 5) is 0. The lowest BCUT2D eigenvalue weighted by Gasteiger charge is -2.08. The van der Waals surface area contributed by atoms with Crippen molar-refractivity contribution >= 4 is 0 Å². The fourth-order valence-electron chi connectivity index (χ4n) is 1.17. The van der Waals surface area contributed by atoms with Crippen LogP contribution in [0.3, 0.4) is 0 Å². The number of hydrogen-bond donors (Lipinski definition) is 0. The van der Waals surface area contributed by atoms with Crippen molar-refractivity contribution in [1.82, 2.24) is 5.16 Å². The van der Waals surface area contributed by atoms with Crippen molar-refractivity contribution < 1.29 is 14.0 Å². The van der Waals surface area contributed by atoms with Gasteiger partial charge in [-0.05, 0) is 18.5 Å². The average molecular weight is 169 g/mol. The first-order chi connectivity index (χ1) is 5.84. The maximum atomic E-state index is 5.37. The molecule has 0 N–H and O–H groups in total. The molecule has 2 rings (SSSR count). The van der Waals surface area contributed by atoms with Crippen molar-refractivity contribution in [3.63, 3.8) is 0 Å². The number of aryl methyl sites for hydroxylation is 1. The monoisotopic (exact) mass is 169 g/mol. The number of rotatable bonds is 2. The minimum absolute atomic E-state index is 0.130. The molecule has 1 aromatic heterocycles. The largest absolute Gasteiger partial charge is 0.446 e. The lowest BCUT2D eigenvalue weighted by molar-refractivity contribution is -0.0432. The molecule has 4 heteroatoms. The van der Waals surface area contributed by atoms with Crippen LogP contribution in [0, 0.1) is 6.92 Å². The SMILES string of the molecule is Cc1cc(OC2CCCO2)no1. The van der Waals surface area contributed by atoms with Crippen molar-refractivity contribution in [2.45, 2.75) is 26.1 Å². The van der Waals surface area contributed by atoms with E-state index in [1.54, 1.807) is 6.07 Å². The highest BCUT2D eigenvalue weighted by Gasteiger charge is 2.18. The Morgan fingerprint density at radius 1 is 1.67 bits per heavy atom. The van der Waals surface area contributed by atoms with E-state index in [4.69, 9.17) is 14.0 Å². The van der Waals surface area contributed by atoms with Crippen LogP contribution in [-0.4, -0.2) is 18.1 Å². The highest BCUT2D eigenvalue weighted by molar-refractivity contribution is 5.09. The first-order valence-electron chi connectivity index (χ1n) is 4.06. The molecule has 1 fully saturated rings. The minimum Gasteiger partial charge on any atom is -0.446 e. The van der Waals surface area contributed by atoms with Gasteiger partial charge in [-0.3, -0.25) is 0 Å². The van der Waals surface area contributed by atoms with Crippen molar-refractivity contribution in [2.75, 3.05) is 6.61 Å². The Hall–Kier alpha value is -1.03. The van der Waals surface area contributed by atoms with Crippen molar-refractivity contribution in [3.05, 3.63) is 11.8 Å². The van der Waals surface area contributed by atoms with Crippen molar-refractivity contribution in [3.8, 4) is 5.88 Å². The van der Waals surface area contributed by atoms with E-state index in [2.05, 4.69) is 5.16 Å². The molecule has 1 aliphatic rings. The quantitative estimate of drug-likeness (QED) is 0.673. The summed E-state index contributed by atoms with van der Waals surface area (Å²) in [5.41, 5.74) is 0. The molecule has 1 aliphatic heterocycles. The molecular weight excluding hydrogens is 158 g/mol. The lowest BCUT2D eigenvalue weighted by Crippen LogP contribution is -2.13. The molecule has 0 radical (unpaired) electrons. The van der Waals surface area contributed by atoms with E-state index in [-0.39, 0.29) is 6.29 Å². The van der Waals surface area contributed by atoms with Gasteiger partial charge in [0.1, 0.15) is 5.76 Å². The third kappa shape index (κ3) is 1.58. The van der Waals surface area contributed by atoms with Gasteiger partial charge < -0.3 is 14.0 Å². The Balaban J connectivity index is 1.94. The first-order valence-corrected chi connectivity index (χ1v) is 4.06. The van der Waals surface area contributed by atoms with E-state index >= 15 is 0 Å². The zero-order valence-electron chi connectivity index (χ0n) is 6.95. The van der Waals surface area contributed by atoms with Gasteiger partial charge in [0.2, 0.25) is 6.29 Å². The second kappa shape index (κ2) is 3.15. The maximum absolute atomic E-state index is 5.37. The molecular formula is C8H11NO3. The number of ether oxygens (including phenoxy) is 2. The second-order valence-electron chi connectivity index (χ2n) is 2.84. The van der Waals surface area contributed by atoms with Crippen molar-refractivity contribution in [2.24, 2.45) is 0 Å². The van der Waals surface area contributed by atoms with Crippen LogP contribution in [0.25, 0.3) is 0 Å². The molecule has 1 unspecified atom stereocenters. The third-order valence-corrected chi connectivity index (χ3v) is 1.75. The first kappa shape index (κ1) is 7.61. The van der Waals surface area contributed by atoms with Crippen LogP contribution in [0.15, 0.2) is 10.6 Å². The smallest absolute Gasteiger partial charge is 0.256 e. The summed E-state index contributed by atoms with van der Waals surface area (Å²) in [6.45, 7) is 2.61. The standard InChI is InChI=1S/C8H11NO3/c1-6-5-7(9-12-6)11-8-3-2-4-10-8/h5,8H,2-4H2,1H3. The van der Waals surface area contributed by atoms with Gasteiger partial charge in [-0.15, -0.1) is 0 Å². The summed E-state index contributed by atoms with van der Waals surface area (Å²) in [7, 11) is 0. The molecule has 1 atom stereocenters. The molecule has 0 aromatic carbocycles. The Morgan fingerprint density at radius 2 is 2.58 bits per heavy atom. The molecule has 0 aliphatic carbocycles. The highest BCUT2D eigenvalue weighted by atomic mass is 16.7. The van der Waals surface area contributed by atoms with Crippen LogP contribution in [0.1, 0.15) is 18.6 Å². The van der Waals surface area contributed by atoms with Gasteiger partial charge in [0.05, 0.1) is 6.61 Å². The minimum atomic E-state index is -0.130. The normalized spacial score (nSPS) is 22.9. The molecule has 0 bridgehead atoms. The number of nitrogens with zero attached hydrogens (tertiary/aromatic N) is 1. The summed E-state index contributed by atoms with van der Waals surface area (Å²) in [6, 6.07) is 1.75. The predicted molar refractivity (Wildman–Crippen MR) is 40.8 cm³/mol. The van der Waals surface area contributed by atoms with Gasteiger partial charge in [0.25, 0.3) is 5.88 Å². The van der Waals surface area contributed by atoms with Crippen LogP contribution in [-0.2, 0) is 4.74 Å². The van der Waals surface area contributed by atoms with E-state index in [9.17, 15) is 0 Å². The van der Waals surface area contributed by atoms with Gasteiger partial charge in [-0.1, -0.05) is 0 Å². The van der Waals surface area contributed by atoms with E-state index in [1.165, 1.54) is 0 Å². The van der Waals surface area contributed by atoms with Crippen LogP contribution in [0.2, 0.25) is 0 Å². The zero-order valence-corrected chi connectivity index (χ0v) is 6.95. The summed E-state index contributed by atoms with van der Waals surface area (Å²) in [5, 5.41) is 3.70. The Labute approximate surface area is 70.4 Å². The Bertz CT molecular complexity index is 253. The van der Waals surface area contributed by atoms with Gasteiger partial charge >= 0.3 is 0 Å². The Morgan fingerprint density at radius 3 is 3.17 bits per heavy atom. The summed E-state index contributed by atoms with van der Waals surface area (Å²) < 4.78 is 15.5. The number of hydrogen-bond acceptors (Lipinski definition) is 4. The molecule has 1 aromatic rings. The molecule has 12 heavy (non-hydrogen) atoms. The number of aromatic nitrogens is 1. The van der Waals surface area contributed by atoms with E-state index in [0.717, 1.165) is 25.2 Å². The van der Waals surface area contributed by atoms with E-state index < -0.39 is 0 Å². The van der Waals surface area contributed by atoms with Crippen LogP contribution in [0.5, 0.6) is 5.88 Å². The van der Waals surface area contributed by atoms with Crippen molar-refractivity contribution in [1.29, 1.82) is 0 Å². The molecule has 1 saturated heterocycles. The molecule has 4 nitrogen and oxygen atoms in total. The topological polar surface area (TPSA) is 44.5 Å². The van der Waals surface area contributed by atoms with E-state index in [0.29, 0.717) is 5.88 Å². The van der Waals surface area contributed by atoms with Gasteiger partial charge in [0, 0.05) is 12.5 Å². The lowest BCUT2D eigenvalue weighted by atomic mass is 10.4. The average Bonchev–Trinajstić information content (AvgIpc) is 2.63. The third-order valence-electron chi connectivity index (χ3n) is 1.75. The summed E-state index contributed by atoms with van der Waals surface area (Å²) in [6.07, 6.45) is 1.86. The van der Waals surface area contributed by atoms with Crippen LogP contribution >= 0.6 is 0 Å². The van der Waals surface area contributed by atoms with Crippen LogP contribution < -0.4 is 4.74 Å². The van der Waals surface area contributed by atoms with Crippen LogP contribution in [0.4, 0.5) is 0 Å². The summed E-state index contributed by atoms with van der Waals surface area (Å²) >= 11 is 0. The fourth-order valence-corrected chi connectivity index (χ4v) is 1.17. The van der Waals surface area contributed by atoms with Gasteiger partial charge in [-0.25, -0.2) is 0 Å². The molecule has 0 amide bonds. The van der Waals surface area contributed by atoms with Gasteiger partial charge in [-0.2, -0.15) is 0 Å². The second-order valence-corrected chi connectivity index (χ2v) is 2.84. The molecule has 0 spiro atoms. The summed E-state index contributed by atoms with van der Waals surface area (Å²) in [5.74, 6) is 1.27. The molecule has 66 valence electrons. The highest BCUT2D eigenvalue weighted by Crippen LogP contribution is 2.18. The van der Waals surface area contributed by atoms with E-state index in [1.807, 2.05) is 6.92 Å². The Kier molecular flexibility index (Phi) is 1.99. The molecule has 0 saturated carbocycles.